The van der Waals surface area contributed by atoms with Crippen LogP contribution in [0, 0.1) is 5.92 Å². The number of benzene rings is 1. The lowest BCUT2D eigenvalue weighted by Gasteiger charge is -2.22. The van der Waals surface area contributed by atoms with Gasteiger partial charge in [-0.2, -0.15) is 0 Å². The van der Waals surface area contributed by atoms with Crippen molar-refractivity contribution >= 4 is 27.3 Å². The number of nitrogen functional groups attached to an aromatic ring is 1. The van der Waals surface area contributed by atoms with Crippen LogP contribution in [-0.4, -0.2) is 28.2 Å². The topological polar surface area (TPSA) is 81.4 Å². The van der Waals surface area contributed by atoms with Crippen LogP contribution in [-0.2, 0) is 14.8 Å². The van der Waals surface area contributed by atoms with Crippen LogP contribution in [0.4, 0.5) is 5.69 Å². The van der Waals surface area contributed by atoms with Crippen molar-refractivity contribution in [2.24, 2.45) is 5.92 Å². The summed E-state index contributed by atoms with van der Waals surface area (Å²) >= 11 is 5.80. The SMILES string of the molecule is Nc1ccc(Cl)cc1S(=O)(=O)NCC1CCCOC1. The summed E-state index contributed by atoms with van der Waals surface area (Å²) in [4.78, 5) is 0.0247. The van der Waals surface area contributed by atoms with Gasteiger partial charge in [0.2, 0.25) is 10.0 Å². The van der Waals surface area contributed by atoms with Gasteiger partial charge in [0, 0.05) is 18.2 Å². The van der Waals surface area contributed by atoms with Crippen molar-refractivity contribution in [2.75, 3.05) is 25.5 Å². The highest BCUT2D eigenvalue weighted by Gasteiger charge is 2.21. The van der Waals surface area contributed by atoms with E-state index in [1.807, 2.05) is 0 Å². The van der Waals surface area contributed by atoms with E-state index in [9.17, 15) is 8.42 Å². The highest BCUT2D eigenvalue weighted by atomic mass is 35.5. The molecule has 2 rings (SSSR count). The van der Waals surface area contributed by atoms with Gasteiger partial charge in [0.15, 0.2) is 0 Å². The summed E-state index contributed by atoms with van der Waals surface area (Å²) in [6, 6.07) is 4.40. The maximum absolute atomic E-state index is 12.2. The number of ether oxygens (including phenoxy) is 1. The molecule has 3 N–H and O–H groups in total. The molecule has 19 heavy (non-hydrogen) atoms. The molecule has 0 saturated carbocycles. The summed E-state index contributed by atoms with van der Waals surface area (Å²) in [6.07, 6.45) is 1.93. The van der Waals surface area contributed by atoms with E-state index in [1.165, 1.54) is 12.1 Å². The molecule has 0 radical (unpaired) electrons. The molecule has 1 saturated heterocycles. The molecule has 1 unspecified atom stereocenters. The Labute approximate surface area is 118 Å². The largest absolute Gasteiger partial charge is 0.398 e. The summed E-state index contributed by atoms with van der Waals surface area (Å²) in [7, 11) is -3.63. The van der Waals surface area contributed by atoms with E-state index in [4.69, 9.17) is 22.1 Å². The predicted octanol–water partition coefficient (Wildman–Crippen LogP) is 1.63. The zero-order valence-corrected chi connectivity index (χ0v) is 12.0. The second kappa shape index (κ2) is 6.09. The molecule has 0 aliphatic carbocycles. The summed E-state index contributed by atoms with van der Waals surface area (Å²) in [5, 5.41) is 0.343. The Morgan fingerprint density at radius 3 is 2.95 bits per heavy atom. The lowest BCUT2D eigenvalue weighted by atomic mass is 10.0. The van der Waals surface area contributed by atoms with Gasteiger partial charge in [0.1, 0.15) is 4.90 Å². The van der Waals surface area contributed by atoms with Crippen molar-refractivity contribution in [3.63, 3.8) is 0 Å². The normalized spacial score (nSPS) is 20.4. The molecule has 7 heteroatoms. The van der Waals surface area contributed by atoms with Crippen molar-refractivity contribution in [1.29, 1.82) is 0 Å². The van der Waals surface area contributed by atoms with Crippen LogP contribution >= 0.6 is 11.6 Å². The molecule has 5 nitrogen and oxygen atoms in total. The highest BCUT2D eigenvalue weighted by molar-refractivity contribution is 7.89. The van der Waals surface area contributed by atoms with Gasteiger partial charge in [-0.15, -0.1) is 0 Å². The third-order valence-corrected chi connectivity index (χ3v) is 4.80. The minimum atomic E-state index is -3.63. The van der Waals surface area contributed by atoms with Crippen LogP contribution < -0.4 is 10.5 Å². The first-order chi connectivity index (χ1) is 8.99. The zero-order chi connectivity index (χ0) is 13.9. The predicted molar refractivity (Wildman–Crippen MR) is 74.6 cm³/mol. The van der Waals surface area contributed by atoms with Gasteiger partial charge < -0.3 is 10.5 Å². The first-order valence-corrected chi connectivity index (χ1v) is 7.97. The number of sulfonamides is 1. The number of nitrogens with one attached hydrogen (secondary N) is 1. The summed E-state index contributed by atoms with van der Waals surface area (Å²) in [5.74, 6) is 0.212. The first kappa shape index (κ1) is 14.6. The molecule has 1 fully saturated rings. The van der Waals surface area contributed by atoms with E-state index in [0.29, 0.717) is 18.2 Å². The van der Waals surface area contributed by atoms with Crippen LogP contribution in [0.1, 0.15) is 12.8 Å². The molecule has 1 aliphatic heterocycles. The maximum atomic E-state index is 12.2. The van der Waals surface area contributed by atoms with Crippen molar-refractivity contribution in [2.45, 2.75) is 17.7 Å². The number of hydrogen-bond acceptors (Lipinski definition) is 4. The Hall–Kier alpha value is -0.820. The number of halogens is 1. The van der Waals surface area contributed by atoms with Gasteiger partial charge in [-0.1, -0.05) is 11.6 Å². The van der Waals surface area contributed by atoms with E-state index in [2.05, 4.69) is 4.72 Å². The van der Waals surface area contributed by atoms with Crippen molar-refractivity contribution in [3.8, 4) is 0 Å². The number of hydrogen-bond donors (Lipinski definition) is 2. The standard InChI is InChI=1S/C12H17ClN2O3S/c13-10-3-4-11(14)12(6-10)19(16,17)15-7-9-2-1-5-18-8-9/h3-4,6,9,15H,1-2,5,7-8,14H2. The van der Waals surface area contributed by atoms with Crippen LogP contribution in [0.3, 0.4) is 0 Å². The fraction of sp³-hybridized carbons (Fsp3) is 0.500. The molecule has 0 spiro atoms. The minimum Gasteiger partial charge on any atom is -0.398 e. The third kappa shape index (κ3) is 3.82. The highest BCUT2D eigenvalue weighted by Crippen LogP contribution is 2.23. The quantitative estimate of drug-likeness (QED) is 0.828. The molecular formula is C12H17ClN2O3S. The Morgan fingerprint density at radius 1 is 1.47 bits per heavy atom. The first-order valence-electron chi connectivity index (χ1n) is 6.11. The van der Waals surface area contributed by atoms with Crippen LogP contribution in [0.2, 0.25) is 5.02 Å². The van der Waals surface area contributed by atoms with Crippen molar-refractivity contribution in [3.05, 3.63) is 23.2 Å². The Balaban J connectivity index is 2.07. The second-order valence-corrected chi connectivity index (χ2v) is 6.79. The van der Waals surface area contributed by atoms with E-state index in [0.717, 1.165) is 19.4 Å². The van der Waals surface area contributed by atoms with E-state index >= 15 is 0 Å². The van der Waals surface area contributed by atoms with Crippen LogP contribution in [0.5, 0.6) is 0 Å². The van der Waals surface area contributed by atoms with E-state index < -0.39 is 10.0 Å². The van der Waals surface area contributed by atoms with Gasteiger partial charge in [0.25, 0.3) is 0 Å². The molecular weight excluding hydrogens is 288 g/mol. The molecule has 1 aromatic carbocycles. The monoisotopic (exact) mass is 304 g/mol. The Morgan fingerprint density at radius 2 is 2.26 bits per heavy atom. The molecule has 1 atom stereocenters. The minimum absolute atomic E-state index is 0.0247. The Kier molecular flexibility index (Phi) is 4.67. The van der Waals surface area contributed by atoms with Gasteiger partial charge >= 0.3 is 0 Å². The average Bonchev–Trinajstić information content (AvgIpc) is 2.40. The van der Waals surface area contributed by atoms with Crippen molar-refractivity contribution in [1.82, 2.24) is 4.72 Å². The summed E-state index contributed by atoms with van der Waals surface area (Å²) in [6.45, 7) is 1.70. The molecule has 0 aromatic heterocycles. The lowest BCUT2D eigenvalue weighted by Crippen LogP contribution is -2.33. The van der Waals surface area contributed by atoms with Gasteiger partial charge in [-0.05, 0) is 37.0 Å². The van der Waals surface area contributed by atoms with Gasteiger partial charge in [-0.3, -0.25) is 0 Å². The molecule has 1 heterocycles. The average molecular weight is 305 g/mol. The smallest absolute Gasteiger partial charge is 0.242 e. The zero-order valence-electron chi connectivity index (χ0n) is 10.4. The van der Waals surface area contributed by atoms with Crippen LogP contribution in [0.25, 0.3) is 0 Å². The third-order valence-electron chi connectivity index (χ3n) is 3.08. The molecule has 106 valence electrons. The molecule has 0 bridgehead atoms. The maximum Gasteiger partial charge on any atom is 0.242 e. The number of nitrogens with two attached hydrogens (primary N) is 1. The van der Waals surface area contributed by atoms with Gasteiger partial charge in [-0.25, -0.2) is 13.1 Å². The lowest BCUT2D eigenvalue weighted by molar-refractivity contribution is 0.0568. The number of anilines is 1. The van der Waals surface area contributed by atoms with Crippen molar-refractivity contribution < 1.29 is 13.2 Å². The fourth-order valence-electron chi connectivity index (χ4n) is 2.01. The molecule has 1 aliphatic rings. The second-order valence-electron chi connectivity index (χ2n) is 4.62. The summed E-state index contributed by atoms with van der Waals surface area (Å²) < 4.78 is 32.2. The van der Waals surface area contributed by atoms with E-state index in [-0.39, 0.29) is 16.5 Å². The summed E-state index contributed by atoms with van der Waals surface area (Å²) in [5.41, 5.74) is 5.87. The fourth-order valence-corrected chi connectivity index (χ4v) is 3.52. The molecule has 1 aromatic rings. The number of rotatable bonds is 4. The van der Waals surface area contributed by atoms with Crippen LogP contribution in [0.15, 0.2) is 23.1 Å². The van der Waals surface area contributed by atoms with E-state index in [1.54, 1.807) is 6.07 Å². The molecule has 0 amide bonds. The Bertz CT molecular complexity index is 542. The van der Waals surface area contributed by atoms with Gasteiger partial charge in [0.05, 0.1) is 12.3 Å².